The number of quaternary nitrogens is 1. The Morgan fingerprint density at radius 3 is 2.58 bits per heavy atom. The zero-order valence-corrected chi connectivity index (χ0v) is 15.6. The molecule has 1 aliphatic rings. The lowest BCUT2D eigenvalue weighted by Crippen LogP contribution is -3.10. The molecular formula is C15H21Cl2N2O4S+. The van der Waals surface area contributed by atoms with Gasteiger partial charge in [0.05, 0.1) is 30.0 Å². The van der Waals surface area contributed by atoms with E-state index in [1.165, 1.54) is 0 Å². The molecule has 0 aliphatic carbocycles. The number of benzene rings is 1. The lowest BCUT2D eigenvalue weighted by molar-refractivity contribution is -0.871. The Hall–Kier alpha value is -1.02. The van der Waals surface area contributed by atoms with Crippen molar-refractivity contribution in [2.75, 3.05) is 38.2 Å². The summed E-state index contributed by atoms with van der Waals surface area (Å²) in [6.07, 6.45) is 0. The summed E-state index contributed by atoms with van der Waals surface area (Å²) in [6, 6.07) is 6.55. The summed E-state index contributed by atoms with van der Waals surface area (Å²) in [5, 5.41) is 2.79. The van der Waals surface area contributed by atoms with Crippen LogP contribution < -0.4 is 15.0 Å². The molecule has 3 atom stereocenters. The average molecular weight is 396 g/mol. The van der Waals surface area contributed by atoms with Gasteiger partial charge in [0.15, 0.2) is 16.4 Å². The van der Waals surface area contributed by atoms with Gasteiger partial charge < -0.3 is 15.0 Å². The fraction of sp³-hybridized carbons (Fsp3) is 0.533. The maximum Gasteiger partial charge on any atom is 0.275 e. The third-order valence-corrected chi connectivity index (χ3v) is 6.33. The van der Waals surface area contributed by atoms with Crippen molar-refractivity contribution < 1.29 is 22.8 Å². The van der Waals surface area contributed by atoms with Crippen molar-refractivity contribution >= 4 is 38.9 Å². The predicted molar refractivity (Wildman–Crippen MR) is 93.8 cm³/mol. The highest BCUT2D eigenvalue weighted by Crippen LogP contribution is 2.17. The van der Waals surface area contributed by atoms with Crippen LogP contribution in [-0.2, 0) is 14.6 Å². The quantitative estimate of drug-likeness (QED) is 0.624. The SMILES string of the molecule is C[NH+](CCOc1ccc(Cl)cc1)CC(=O)N[C@@H]1CS(=O)(=O)C[C@@H]1Cl. The molecule has 24 heavy (non-hydrogen) atoms. The summed E-state index contributed by atoms with van der Waals surface area (Å²) in [5.41, 5.74) is 0. The van der Waals surface area contributed by atoms with Crippen molar-refractivity contribution in [1.82, 2.24) is 5.32 Å². The van der Waals surface area contributed by atoms with E-state index in [4.69, 9.17) is 27.9 Å². The molecule has 0 saturated carbocycles. The Morgan fingerprint density at radius 1 is 1.33 bits per heavy atom. The summed E-state index contributed by atoms with van der Waals surface area (Å²) in [7, 11) is -1.28. The number of carbonyl (C=O) groups is 1. The van der Waals surface area contributed by atoms with Crippen LogP contribution in [0.15, 0.2) is 24.3 Å². The fourth-order valence-electron chi connectivity index (χ4n) is 2.43. The maximum absolute atomic E-state index is 12.0. The van der Waals surface area contributed by atoms with Gasteiger partial charge in [-0.15, -0.1) is 11.6 Å². The Kier molecular flexibility index (Phi) is 6.74. The molecule has 0 radical (unpaired) electrons. The van der Waals surface area contributed by atoms with Gasteiger partial charge in [0, 0.05) is 5.02 Å². The lowest BCUT2D eigenvalue weighted by Gasteiger charge is -2.17. The van der Waals surface area contributed by atoms with Crippen LogP contribution in [-0.4, -0.2) is 64.0 Å². The number of hydrogen-bond acceptors (Lipinski definition) is 4. The fourth-order valence-corrected chi connectivity index (χ4v) is 5.11. The van der Waals surface area contributed by atoms with Gasteiger partial charge in [-0.2, -0.15) is 0 Å². The molecule has 1 aromatic rings. The standard InChI is InChI=1S/C15H20Cl2N2O4S/c1-19(6-7-23-12-4-2-11(16)3-5-12)8-15(20)18-14-10-24(21,22)9-13(14)17/h2-5,13-14H,6-10H2,1H3,(H,18,20)/p+1/t13-,14+/m0/s1. The Labute approximate surface area is 152 Å². The van der Waals surface area contributed by atoms with E-state index in [0.29, 0.717) is 18.2 Å². The topological polar surface area (TPSA) is 76.9 Å². The zero-order chi connectivity index (χ0) is 17.7. The number of ether oxygens (including phenoxy) is 1. The lowest BCUT2D eigenvalue weighted by atomic mass is 10.2. The first kappa shape index (κ1) is 19.3. The van der Waals surface area contributed by atoms with Gasteiger partial charge in [-0.25, -0.2) is 8.42 Å². The molecule has 2 N–H and O–H groups in total. The third kappa shape index (κ3) is 6.12. The van der Waals surface area contributed by atoms with Crippen LogP contribution in [0.25, 0.3) is 0 Å². The summed E-state index contributed by atoms with van der Waals surface area (Å²) in [4.78, 5) is 12.9. The van der Waals surface area contributed by atoms with E-state index in [1.807, 2.05) is 7.05 Å². The minimum atomic E-state index is -3.15. The smallest absolute Gasteiger partial charge is 0.275 e. The molecule has 1 aromatic carbocycles. The molecule has 1 saturated heterocycles. The van der Waals surface area contributed by atoms with Crippen LogP contribution in [0.5, 0.6) is 5.75 Å². The van der Waals surface area contributed by atoms with Gasteiger partial charge in [0.2, 0.25) is 0 Å². The molecule has 2 rings (SSSR count). The van der Waals surface area contributed by atoms with Crippen molar-refractivity contribution in [3.8, 4) is 5.75 Å². The molecule has 1 amide bonds. The zero-order valence-electron chi connectivity index (χ0n) is 13.3. The highest BCUT2D eigenvalue weighted by Gasteiger charge is 2.37. The number of nitrogens with one attached hydrogen (secondary N) is 2. The predicted octanol–water partition coefficient (Wildman–Crippen LogP) is -0.246. The van der Waals surface area contributed by atoms with E-state index in [2.05, 4.69) is 5.32 Å². The van der Waals surface area contributed by atoms with Gasteiger partial charge in [-0.05, 0) is 24.3 Å². The van der Waals surface area contributed by atoms with Crippen LogP contribution in [0.4, 0.5) is 0 Å². The molecule has 134 valence electrons. The number of sulfone groups is 1. The van der Waals surface area contributed by atoms with E-state index >= 15 is 0 Å². The first-order valence-electron chi connectivity index (χ1n) is 7.59. The first-order chi connectivity index (χ1) is 11.2. The Morgan fingerprint density at radius 2 is 2.00 bits per heavy atom. The minimum Gasteiger partial charge on any atom is -0.488 e. The van der Waals surface area contributed by atoms with Gasteiger partial charge >= 0.3 is 0 Å². The number of likely N-dealkylation sites (N-methyl/N-ethyl adjacent to an activating group) is 1. The number of amides is 1. The Bertz CT molecular complexity index is 667. The second-order valence-electron chi connectivity index (χ2n) is 5.95. The molecule has 1 fully saturated rings. The Balaban J connectivity index is 1.69. The van der Waals surface area contributed by atoms with Crippen molar-refractivity contribution in [2.24, 2.45) is 0 Å². The van der Waals surface area contributed by atoms with E-state index in [1.54, 1.807) is 24.3 Å². The minimum absolute atomic E-state index is 0.0862. The highest BCUT2D eigenvalue weighted by molar-refractivity contribution is 7.91. The number of hydrogen-bond donors (Lipinski definition) is 2. The summed E-state index contributed by atoms with van der Waals surface area (Å²) < 4.78 is 28.6. The van der Waals surface area contributed by atoms with Crippen molar-refractivity contribution in [2.45, 2.75) is 11.4 Å². The van der Waals surface area contributed by atoms with Crippen molar-refractivity contribution in [3.05, 3.63) is 29.3 Å². The second-order valence-corrected chi connectivity index (χ2v) is 9.10. The second kappa shape index (κ2) is 8.38. The summed E-state index contributed by atoms with van der Waals surface area (Å²) >= 11 is 11.8. The van der Waals surface area contributed by atoms with Crippen molar-refractivity contribution in [1.29, 1.82) is 0 Å². The average Bonchev–Trinajstić information content (AvgIpc) is 2.73. The third-order valence-electron chi connectivity index (χ3n) is 3.70. The van der Waals surface area contributed by atoms with Crippen LogP contribution >= 0.6 is 23.2 Å². The molecule has 9 heteroatoms. The number of carbonyl (C=O) groups excluding carboxylic acids is 1. The molecule has 0 bridgehead atoms. The van der Waals surface area contributed by atoms with E-state index < -0.39 is 21.3 Å². The van der Waals surface area contributed by atoms with Crippen LogP contribution in [0.3, 0.4) is 0 Å². The van der Waals surface area contributed by atoms with E-state index in [-0.39, 0.29) is 24.0 Å². The van der Waals surface area contributed by atoms with Crippen LogP contribution in [0.1, 0.15) is 0 Å². The normalized spacial score (nSPS) is 23.6. The number of halogens is 2. The van der Waals surface area contributed by atoms with Crippen LogP contribution in [0.2, 0.25) is 5.02 Å². The largest absolute Gasteiger partial charge is 0.488 e. The monoisotopic (exact) mass is 395 g/mol. The van der Waals surface area contributed by atoms with Crippen LogP contribution in [0, 0.1) is 0 Å². The highest BCUT2D eigenvalue weighted by atomic mass is 35.5. The maximum atomic E-state index is 12.0. The van der Waals surface area contributed by atoms with E-state index in [9.17, 15) is 13.2 Å². The molecule has 1 aliphatic heterocycles. The molecule has 0 spiro atoms. The molecule has 1 unspecified atom stereocenters. The van der Waals surface area contributed by atoms with Gasteiger partial charge in [0.25, 0.3) is 5.91 Å². The van der Waals surface area contributed by atoms with Gasteiger partial charge in [-0.3, -0.25) is 4.79 Å². The van der Waals surface area contributed by atoms with E-state index in [0.717, 1.165) is 10.6 Å². The summed E-state index contributed by atoms with van der Waals surface area (Å²) in [6.45, 7) is 1.31. The van der Waals surface area contributed by atoms with Gasteiger partial charge in [0.1, 0.15) is 18.9 Å². The van der Waals surface area contributed by atoms with Crippen molar-refractivity contribution in [3.63, 3.8) is 0 Å². The molecular weight excluding hydrogens is 375 g/mol. The molecule has 1 heterocycles. The molecule has 0 aromatic heterocycles. The first-order valence-corrected chi connectivity index (χ1v) is 10.2. The van der Waals surface area contributed by atoms with Gasteiger partial charge in [-0.1, -0.05) is 11.6 Å². The number of alkyl halides is 1. The molecule has 6 nitrogen and oxygen atoms in total. The number of rotatable bonds is 7. The summed E-state index contributed by atoms with van der Waals surface area (Å²) in [5.74, 6) is 0.326.